The van der Waals surface area contributed by atoms with Crippen LogP contribution in [0, 0.1) is 6.92 Å². The minimum Gasteiger partial charge on any atom is -0.496 e. The summed E-state index contributed by atoms with van der Waals surface area (Å²) in [7, 11) is 4.92. The van der Waals surface area contributed by atoms with Crippen LogP contribution in [0.2, 0.25) is 0 Å². The fraction of sp³-hybridized carbons (Fsp3) is 0.294. The lowest BCUT2D eigenvalue weighted by atomic mass is 10.0. The number of rotatable bonds is 5. The molecule has 0 saturated carbocycles. The second kappa shape index (κ2) is 6.85. The topological polar surface area (TPSA) is 27.7 Å². The van der Waals surface area contributed by atoms with Crippen molar-refractivity contribution in [2.24, 2.45) is 0 Å². The lowest BCUT2D eigenvalue weighted by Gasteiger charge is -2.19. The summed E-state index contributed by atoms with van der Waals surface area (Å²) in [5.74, 6) is 2.17. The van der Waals surface area contributed by atoms with Crippen molar-refractivity contribution >= 4 is 15.9 Å². The summed E-state index contributed by atoms with van der Waals surface area (Å²) in [4.78, 5) is -0.0195. The SMILES string of the molecule is COc1cc(OC)c(C(Br)c2ccc(C)cc2)c(OC)c1. The molecule has 0 heterocycles. The Balaban J connectivity index is 2.52. The number of methoxy groups -OCH3 is 3. The van der Waals surface area contributed by atoms with E-state index in [1.807, 2.05) is 12.1 Å². The van der Waals surface area contributed by atoms with Crippen LogP contribution in [0.3, 0.4) is 0 Å². The van der Waals surface area contributed by atoms with Gasteiger partial charge in [-0.1, -0.05) is 45.8 Å². The van der Waals surface area contributed by atoms with Crippen LogP contribution < -0.4 is 14.2 Å². The first-order valence-corrected chi connectivity index (χ1v) is 7.52. The van der Waals surface area contributed by atoms with E-state index in [1.165, 1.54) is 5.56 Å². The minimum absolute atomic E-state index is 0.0195. The molecular formula is C17H19BrO3. The number of hydrogen-bond donors (Lipinski definition) is 0. The van der Waals surface area contributed by atoms with Crippen molar-refractivity contribution in [3.8, 4) is 17.2 Å². The molecule has 2 aromatic carbocycles. The van der Waals surface area contributed by atoms with Gasteiger partial charge in [0.2, 0.25) is 0 Å². The average Bonchev–Trinajstić information content (AvgIpc) is 2.53. The molecule has 0 fully saturated rings. The third-order valence-electron chi connectivity index (χ3n) is 3.38. The number of alkyl halides is 1. The van der Waals surface area contributed by atoms with E-state index < -0.39 is 0 Å². The van der Waals surface area contributed by atoms with Crippen LogP contribution in [-0.2, 0) is 0 Å². The molecule has 3 nitrogen and oxygen atoms in total. The Morgan fingerprint density at radius 1 is 0.857 bits per heavy atom. The quantitative estimate of drug-likeness (QED) is 0.742. The zero-order chi connectivity index (χ0) is 15.4. The molecule has 0 spiro atoms. The van der Waals surface area contributed by atoms with Crippen molar-refractivity contribution in [3.05, 3.63) is 53.1 Å². The lowest BCUT2D eigenvalue weighted by molar-refractivity contribution is 0.369. The molecule has 4 heteroatoms. The zero-order valence-corrected chi connectivity index (χ0v) is 14.2. The third-order valence-corrected chi connectivity index (χ3v) is 4.36. The highest BCUT2D eigenvalue weighted by atomic mass is 79.9. The molecule has 21 heavy (non-hydrogen) atoms. The maximum absolute atomic E-state index is 5.51. The summed E-state index contributed by atoms with van der Waals surface area (Å²) in [6.07, 6.45) is 0. The summed E-state index contributed by atoms with van der Waals surface area (Å²) in [6, 6.07) is 12.1. The van der Waals surface area contributed by atoms with Gasteiger partial charge in [0.15, 0.2) is 0 Å². The van der Waals surface area contributed by atoms with Gasteiger partial charge in [0, 0.05) is 12.1 Å². The maximum Gasteiger partial charge on any atom is 0.130 e. The van der Waals surface area contributed by atoms with Gasteiger partial charge >= 0.3 is 0 Å². The van der Waals surface area contributed by atoms with Crippen LogP contribution in [0.15, 0.2) is 36.4 Å². The van der Waals surface area contributed by atoms with Gasteiger partial charge in [-0.05, 0) is 12.5 Å². The van der Waals surface area contributed by atoms with Crippen molar-refractivity contribution < 1.29 is 14.2 Å². The van der Waals surface area contributed by atoms with E-state index in [1.54, 1.807) is 21.3 Å². The Morgan fingerprint density at radius 2 is 1.38 bits per heavy atom. The Labute approximate surface area is 134 Å². The van der Waals surface area contributed by atoms with Crippen LogP contribution in [0.25, 0.3) is 0 Å². The minimum atomic E-state index is -0.0195. The highest BCUT2D eigenvalue weighted by Gasteiger charge is 2.21. The first-order valence-electron chi connectivity index (χ1n) is 6.61. The largest absolute Gasteiger partial charge is 0.496 e. The summed E-state index contributed by atoms with van der Waals surface area (Å²) in [5, 5.41) is 0. The highest BCUT2D eigenvalue weighted by Crippen LogP contribution is 2.44. The van der Waals surface area contributed by atoms with Gasteiger partial charge in [0.05, 0.1) is 31.7 Å². The molecule has 0 aliphatic rings. The zero-order valence-electron chi connectivity index (χ0n) is 12.6. The standard InChI is InChI=1S/C17H19BrO3/c1-11-5-7-12(8-6-11)17(18)16-14(20-3)9-13(19-2)10-15(16)21-4/h5-10,17H,1-4H3. The monoisotopic (exact) mass is 350 g/mol. The summed E-state index contributed by atoms with van der Waals surface area (Å²) in [6.45, 7) is 2.07. The first-order chi connectivity index (χ1) is 10.1. The smallest absolute Gasteiger partial charge is 0.130 e. The summed E-state index contributed by atoms with van der Waals surface area (Å²) in [5.41, 5.74) is 3.32. The number of hydrogen-bond acceptors (Lipinski definition) is 3. The van der Waals surface area contributed by atoms with Gasteiger partial charge < -0.3 is 14.2 Å². The van der Waals surface area contributed by atoms with Gasteiger partial charge in [0.25, 0.3) is 0 Å². The number of benzene rings is 2. The van der Waals surface area contributed by atoms with E-state index >= 15 is 0 Å². The van der Waals surface area contributed by atoms with Crippen LogP contribution >= 0.6 is 15.9 Å². The van der Waals surface area contributed by atoms with Gasteiger partial charge in [-0.3, -0.25) is 0 Å². The van der Waals surface area contributed by atoms with E-state index in [4.69, 9.17) is 14.2 Å². The Morgan fingerprint density at radius 3 is 1.81 bits per heavy atom. The molecule has 1 atom stereocenters. The highest BCUT2D eigenvalue weighted by molar-refractivity contribution is 9.09. The number of aryl methyl sites for hydroxylation is 1. The van der Waals surface area contributed by atoms with Crippen molar-refractivity contribution in [3.63, 3.8) is 0 Å². The lowest BCUT2D eigenvalue weighted by Crippen LogP contribution is -2.02. The van der Waals surface area contributed by atoms with E-state index in [0.29, 0.717) is 5.75 Å². The predicted molar refractivity (Wildman–Crippen MR) is 88.0 cm³/mol. The molecule has 1 unspecified atom stereocenters. The molecular weight excluding hydrogens is 332 g/mol. The van der Waals surface area contributed by atoms with Crippen molar-refractivity contribution in [1.82, 2.24) is 0 Å². The molecule has 2 rings (SSSR count). The summed E-state index contributed by atoms with van der Waals surface area (Å²) >= 11 is 3.75. The Hall–Kier alpha value is -1.68. The first kappa shape index (κ1) is 15.7. The molecule has 0 aliphatic carbocycles. The summed E-state index contributed by atoms with van der Waals surface area (Å²) < 4.78 is 16.3. The van der Waals surface area contributed by atoms with Crippen molar-refractivity contribution in [2.75, 3.05) is 21.3 Å². The van der Waals surface area contributed by atoms with Crippen molar-refractivity contribution in [1.29, 1.82) is 0 Å². The normalized spacial score (nSPS) is 11.9. The number of halogens is 1. The molecule has 2 aromatic rings. The van der Waals surface area contributed by atoms with Crippen LogP contribution in [0.4, 0.5) is 0 Å². The van der Waals surface area contributed by atoms with E-state index in [9.17, 15) is 0 Å². The molecule has 0 radical (unpaired) electrons. The molecule has 0 saturated heterocycles. The van der Waals surface area contributed by atoms with Crippen LogP contribution in [-0.4, -0.2) is 21.3 Å². The van der Waals surface area contributed by atoms with Gasteiger partial charge in [-0.15, -0.1) is 0 Å². The number of ether oxygens (including phenoxy) is 3. The van der Waals surface area contributed by atoms with Crippen LogP contribution in [0.1, 0.15) is 21.5 Å². The molecule has 0 aliphatic heterocycles. The van der Waals surface area contributed by atoms with Gasteiger partial charge in [-0.2, -0.15) is 0 Å². The molecule has 0 aromatic heterocycles. The second-order valence-corrected chi connectivity index (χ2v) is 5.63. The van der Waals surface area contributed by atoms with E-state index in [-0.39, 0.29) is 4.83 Å². The third kappa shape index (κ3) is 3.32. The average molecular weight is 351 g/mol. The van der Waals surface area contributed by atoms with E-state index in [2.05, 4.69) is 47.1 Å². The fourth-order valence-electron chi connectivity index (χ4n) is 2.18. The second-order valence-electron chi connectivity index (χ2n) is 4.72. The molecule has 0 amide bonds. The Kier molecular flexibility index (Phi) is 5.12. The Bertz CT molecular complexity index is 583. The molecule has 0 N–H and O–H groups in total. The van der Waals surface area contributed by atoms with Crippen LogP contribution in [0.5, 0.6) is 17.2 Å². The van der Waals surface area contributed by atoms with E-state index in [0.717, 1.165) is 22.6 Å². The molecule has 0 bridgehead atoms. The predicted octanol–water partition coefficient (Wildman–Crippen LogP) is 4.51. The molecule has 112 valence electrons. The maximum atomic E-state index is 5.51. The van der Waals surface area contributed by atoms with Crippen molar-refractivity contribution in [2.45, 2.75) is 11.8 Å². The fourth-order valence-corrected chi connectivity index (χ4v) is 2.94. The van der Waals surface area contributed by atoms with Gasteiger partial charge in [-0.25, -0.2) is 0 Å². The van der Waals surface area contributed by atoms with Gasteiger partial charge in [0.1, 0.15) is 17.2 Å².